The van der Waals surface area contributed by atoms with E-state index in [0.29, 0.717) is 23.0 Å². The van der Waals surface area contributed by atoms with Crippen LogP contribution in [0.3, 0.4) is 0 Å². The summed E-state index contributed by atoms with van der Waals surface area (Å²) in [5.41, 5.74) is 2.61. The van der Waals surface area contributed by atoms with Crippen molar-refractivity contribution in [1.29, 1.82) is 5.26 Å². The van der Waals surface area contributed by atoms with E-state index in [0.717, 1.165) is 31.5 Å². The average molecular weight is 364 g/mol. The number of nitriles is 1. The van der Waals surface area contributed by atoms with E-state index >= 15 is 0 Å². The van der Waals surface area contributed by atoms with Crippen LogP contribution < -0.4 is 5.32 Å². The van der Waals surface area contributed by atoms with E-state index in [-0.39, 0.29) is 12.5 Å². The minimum absolute atomic E-state index is 0.204. The first-order valence-electron chi connectivity index (χ1n) is 9.31. The van der Waals surface area contributed by atoms with E-state index < -0.39 is 0 Å². The highest BCUT2D eigenvalue weighted by Crippen LogP contribution is 2.22. The average Bonchev–Trinajstić information content (AvgIpc) is 2.71. The maximum Gasteiger partial charge on any atom is 0.255 e. The van der Waals surface area contributed by atoms with Gasteiger partial charge in [0.15, 0.2) is 0 Å². The van der Waals surface area contributed by atoms with Crippen molar-refractivity contribution in [3.63, 3.8) is 0 Å². The minimum Gasteiger partial charge on any atom is -0.396 e. The number of carbonyl (C=O) groups is 1. The number of amides is 1. The molecule has 1 aromatic carbocycles. The van der Waals surface area contributed by atoms with Crippen molar-refractivity contribution in [1.82, 2.24) is 9.88 Å². The molecule has 1 fully saturated rings. The molecule has 3 rings (SSSR count). The van der Waals surface area contributed by atoms with Crippen LogP contribution in [0.1, 0.15) is 47.3 Å². The molecule has 0 radical (unpaired) electrons. The number of nitrogens with zero attached hydrogens (tertiary/aromatic N) is 3. The number of pyridine rings is 1. The second-order valence-electron chi connectivity index (χ2n) is 6.83. The molecule has 0 unspecified atom stereocenters. The van der Waals surface area contributed by atoms with Crippen LogP contribution >= 0.6 is 0 Å². The first kappa shape index (κ1) is 19.0. The number of hydrogen-bond donors (Lipinski definition) is 2. The van der Waals surface area contributed by atoms with Crippen LogP contribution in [-0.4, -0.2) is 40.1 Å². The lowest BCUT2D eigenvalue weighted by molar-refractivity contribution is 0.102. The van der Waals surface area contributed by atoms with Crippen LogP contribution in [0.5, 0.6) is 0 Å². The van der Waals surface area contributed by atoms with Gasteiger partial charge in [0, 0.05) is 24.8 Å². The molecule has 1 aliphatic heterocycles. The van der Waals surface area contributed by atoms with Gasteiger partial charge in [-0.3, -0.25) is 9.69 Å². The normalized spacial score (nSPS) is 17.3. The Bertz CT molecular complexity index is 794. The Morgan fingerprint density at radius 3 is 2.74 bits per heavy atom. The predicted octanol–water partition coefficient (Wildman–Crippen LogP) is 2.94. The first-order chi connectivity index (χ1) is 13.2. The van der Waals surface area contributed by atoms with Gasteiger partial charge in [-0.2, -0.15) is 5.26 Å². The first-order valence-corrected chi connectivity index (χ1v) is 9.31. The lowest BCUT2D eigenvalue weighted by Gasteiger charge is -2.35. The van der Waals surface area contributed by atoms with E-state index in [1.807, 2.05) is 30.3 Å². The maximum absolute atomic E-state index is 12.4. The summed E-state index contributed by atoms with van der Waals surface area (Å²) in [7, 11) is 0. The lowest BCUT2D eigenvalue weighted by atomic mass is 9.98. The number of piperidine rings is 1. The number of aliphatic hydroxyl groups excluding tert-OH is 1. The highest BCUT2D eigenvalue weighted by molar-refractivity contribution is 6.04. The molecule has 1 aliphatic rings. The van der Waals surface area contributed by atoms with E-state index in [2.05, 4.69) is 15.2 Å². The van der Waals surface area contributed by atoms with Gasteiger partial charge in [-0.05, 0) is 55.6 Å². The van der Waals surface area contributed by atoms with Crippen molar-refractivity contribution in [2.45, 2.75) is 38.3 Å². The minimum atomic E-state index is -0.204. The van der Waals surface area contributed by atoms with Gasteiger partial charge in [-0.1, -0.05) is 18.6 Å². The third-order valence-electron chi connectivity index (χ3n) is 4.95. The molecule has 140 valence electrons. The molecule has 2 heterocycles. The van der Waals surface area contributed by atoms with Gasteiger partial charge in [0.25, 0.3) is 5.91 Å². The molecule has 2 N–H and O–H groups in total. The molecule has 1 atom stereocenters. The molecule has 27 heavy (non-hydrogen) atoms. The molecule has 0 saturated carbocycles. The van der Waals surface area contributed by atoms with Gasteiger partial charge < -0.3 is 10.4 Å². The fourth-order valence-corrected chi connectivity index (χ4v) is 3.48. The number of anilines is 1. The Morgan fingerprint density at radius 1 is 1.26 bits per heavy atom. The van der Waals surface area contributed by atoms with Crippen LogP contribution in [0, 0.1) is 11.3 Å². The fourth-order valence-electron chi connectivity index (χ4n) is 3.48. The van der Waals surface area contributed by atoms with Crippen LogP contribution in [0.2, 0.25) is 0 Å². The van der Waals surface area contributed by atoms with Crippen LogP contribution in [0.25, 0.3) is 0 Å². The Morgan fingerprint density at radius 2 is 2.07 bits per heavy atom. The van der Waals surface area contributed by atoms with Gasteiger partial charge >= 0.3 is 0 Å². The fraction of sp³-hybridized carbons (Fsp3) is 0.381. The van der Waals surface area contributed by atoms with Crippen molar-refractivity contribution in [2.24, 2.45) is 0 Å². The molecular weight excluding hydrogens is 340 g/mol. The number of benzene rings is 1. The third kappa shape index (κ3) is 5.13. The van der Waals surface area contributed by atoms with Gasteiger partial charge in [0.1, 0.15) is 11.8 Å². The number of hydrogen-bond acceptors (Lipinski definition) is 5. The van der Waals surface area contributed by atoms with Gasteiger partial charge in [0.05, 0.1) is 11.9 Å². The zero-order valence-corrected chi connectivity index (χ0v) is 15.3. The van der Waals surface area contributed by atoms with Crippen molar-refractivity contribution in [3.05, 3.63) is 59.4 Å². The molecule has 0 bridgehead atoms. The monoisotopic (exact) mass is 364 g/mol. The molecule has 6 heteroatoms. The van der Waals surface area contributed by atoms with E-state index in [1.165, 1.54) is 19.0 Å². The molecule has 6 nitrogen and oxygen atoms in total. The summed E-state index contributed by atoms with van der Waals surface area (Å²) >= 11 is 0. The maximum atomic E-state index is 12.4. The van der Waals surface area contributed by atoms with Gasteiger partial charge in [-0.15, -0.1) is 0 Å². The summed E-state index contributed by atoms with van der Waals surface area (Å²) < 4.78 is 0. The topological polar surface area (TPSA) is 89.2 Å². The summed E-state index contributed by atoms with van der Waals surface area (Å²) in [6.45, 7) is 2.12. The molecule has 1 saturated heterocycles. The lowest BCUT2D eigenvalue weighted by Crippen LogP contribution is -2.39. The second-order valence-corrected chi connectivity index (χ2v) is 6.83. The SMILES string of the molecule is N#Cc1ccc(NC(=O)c2ccc(CN3CCCC[C@@H]3CCO)cc2)cn1. The second kappa shape index (κ2) is 9.26. The highest BCUT2D eigenvalue weighted by atomic mass is 16.3. The van der Waals surface area contributed by atoms with Crippen molar-refractivity contribution < 1.29 is 9.90 Å². The quantitative estimate of drug-likeness (QED) is 0.823. The van der Waals surface area contributed by atoms with Crippen molar-refractivity contribution in [3.8, 4) is 6.07 Å². The predicted molar refractivity (Wildman–Crippen MR) is 103 cm³/mol. The Kier molecular flexibility index (Phi) is 6.53. The highest BCUT2D eigenvalue weighted by Gasteiger charge is 2.21. The number of rotatable bonds is 6. The molecule has 0 spiro atoms. The number of nitrogens with one attached hydrogen (secondary N) is 1. The van der Waals surface area contributed by atoms with E-state index in [4.69, 9.17) is 5.26 Å². The van der Waals surface area contributed by atoms with E-state index in [1.54, 1.807) is 12.1 Å². The summed E-state index contributed by atoms with van der Waals surface area (Å²) in [5, 5.41) is 20.8. The number of aliphatic hydroxyl groups is 1. The number of aromatic nitrogens is 1. The van der Waals surface area contributed by atoms with E-state index in [9.17, 15) is 9.90 Å². The smallest absolute Gasteiger partial charge is 0.255 e. The van der Waals surface area contributed by atoms with Crippen LogP contribution in [0.15, 0.2) is 42.6 Å². The summed E-state index contributed by atoms with van der Waals surface area (Å²) in [4.78, 5) is 18.7. The van der Waals surface area contributed by atoms with Crippen molar-refractivity contribution in [2.75, 3.05) is 18.5 Å². The molecule has 0 aliphatic carbocycles. The molecule has 2 aromatic rings. The summed E-state index contributed by atoms with van der Waals surface area (Å²) in [6.07, 6.45) is 5.85. The number of likely N-dealkylation sites (tertiary alicyclic amines) is 1. The standard InChI is InChI=1S/C21H24N4O2/c22-13-18-8-9-19(14-23-18)24-21(27)17-6-4-16(5-7-17)15-25-11-2-1-3-20(25)10-12-26/h4-9,14,20,26H,1-3,10-12,15H2,(H,24,27)/t20-/m1/s1. The Hall–Kier alpha value is -2.75. The Labute approximate surface area is 159 Å². The zero-order valence-electron chi connectivity index (χ0n) is 15.3. The van der Waals surface area contributed by atoms with Gasteiger partial charge in [0.2, 0.25) is 0 Å². The van der Waals surface area contributed by atoms with Crippen molar-refractivity contribution >= 4 is 11.6 Å². The molecule has 1 aromatic heterocycles. The van der Waals surface area contributed by atoms with Gasteiger partial charge in [-0.25, -0.2) is 4.98 Å². The third-order valence-corrected chi connectivity index (χ3v) is 4.95. The summed E-state index contributed by atoms with van der Waals surface area (Å²) in [5.74, 6) is -0.204. The molecular formula is C21H24N4O2. The molecule has 1 amide bonds. The number of carbonyl (C=O) groups excluding carboxylic acids is 1. The van der Waals surface area contributed by atoms with Crippen LogP contribution in [0.4, 0.5) is 5.69 Å². The largest absolute Gasteiger partial charge is 0.396 e. The Balaban J connectivity index is 1.60. The van der Waals surface area contributed by atoms with Crippen LogP contribution in [-0.2, 0) is 6.54 Å². The zero-order chi connectivity index (χ0) is 19.1. The summed E-state index contributed by atoms with van der Waals surface area (Å²) in [6, 6.07) is 13.2.